The summed E-state index contributed by atoms with van der Waals surface area (Å²) in [5, 5.41) is 99.9. The van der Waals surface area contributed by atoms with Crippen LogP contribution in [-0.4, -0.2) is 183 Å². The summed E-state index contributed by atoms with van der Waals surface area (Å²) < 4.78 is 21.9. The van der Waals surface area contributed by atoms with Crippen LogP contribution in [0.2, 0.25) is 10.0 Å². The number of amides is 1. The molecule has 24 heteroatoms. The Morgan fingerprint density at radius 3 is 2.20 bits per heavy atom. The highest BCUT2D eigenvalue weighted by molar-refractivity contribution is 6.39. The molecule has 10 atom stereocenters. The first-order valence-electron chi connectivity index (χ1n) is 19.2. The number of nitriles is 1. The number of rotatable bonds is 17. The Hall–Kier alpha value is -4.19. The highest BCUT2D eigenvalue weighted by Crippen LogP contribution is 2.38. The normalized spacial score (nSPS) is 28.4. The number of nitro groups is 1. The Morgan fingerprint density at radius 2 is 1.57 bits per heavy atom. The fourth-order valence-corrected chi connectivity index (χ4v) is 7.41. The summed E-state index contributed by atoms with van der Waals surface area (Å²) in [5.41, 5.74) is 0.894. The number of halogens is 2. The predicted molar refractivity (Wildman–Crippen MR) is 211 cm³/mol. The Bertz CT molecular complexity index is 1860. The fraction of sp³-hybridized carbons (Fsp3) is 0.595. The monoisotopic (exact) mass is 899 g/mol. The number of hydrogen-bond donors (Lipinski definition) is 7. The number of aliphatic hydroxyl groups is 7. The number of ether oxygens (including phenoxy) is 4. The highest BCUT2D eigenvalue weighted by Gasteiger charge is 2.50. The fourth-order valence-electron chi connectivity index (χ4n) is 6.86. The number of nitro benzene ring substituents is 1. The van der Waals surface area contributed by atoms with Gasteiger partial charge in [-0.1, -0.05) is 23.2 Å². The summed E-state index contributed by atoms with van der Waals surface area (Å²) in [6, 6.07) is 11.1. The van der Waals surface area contributed by atoms with Crippen molar-refractivity contribution in [2.45, 2.75) is 80.7 Å². The molecule has 22 nitrogen and oxygen atoms in total. The lowest BCUT2D eigenvalue weighted by atomic mass is 9.96. The van der Waals surface area contributed by atoms with Crippen molar-refractivity contribution in [3.05, 3.63) is 56.6 Å². The lowest BCUT2D eigenvalue weighted by Gasteiger charge is -2.46. The number of carbonyl (C=O) groups is 2. The molecule has 5 rings (SSSR count). The number of hydrogen-bond acceptors (Lipinski definition) is 20. The van der Waals surface area contributed by atoms with Gasteiger partial charge in [0.15, 0.2) is 12.6 Å². The summed E-state index contributed by atoms with van der Waals surface area (Å²) in [6.07, 6.45) is -16.0. The van der Waals surface area contributed by atoms with Crippen LogP contribution in [-0.2, 0) is 28.5 Å². The van der Waals surface area contributed by atoms with E-state index >= 15 is 0 Å². The minimum absolute atomic E-state index is 0.0233. The number of piperazine rings is 1. The molecular weight excluding hydrogens is 853 g/mol. The van der Waals surface area contributed by atoms with Crippen LogP contribution in [0.3, 0.4) is 0 Å². The minimum Gasteiger partial charge on any atom is -0.464 e. The summed E-state index contributed by atoms with van der Waals surface area (Å²) in [4.78, 5) is 41.2. The van der Waals surface area contributed by atoms with Crippen molar-refractivity contribution in [3.8, 4) is 6.07 Å². The SMILES string of the molecule is N#CCCN(CCOC(=O)CCC(=O)N1CCN(C[C@H]2O[C@@H](O[C@H]3[C@H](O)[C@@H](O)C(O)O[C@@H]3CO)[C@H](O)[C@@H](O)[C@H]2O)CC1)c1ccc(N=Nc2c(Cl)cc([N+](=O)[O-])cc2Cl)cc1. The van der Waals surface area contributed by atoms with E-state index < -0.39 is 78.9 Å². The van der Waals surface area contributed by atoms with Crippen LogP contribution < -0.4 is 4.90 Å². The molecule has 0 radical (unpaired) electrons. The van der Waals surface area contributed by atoms with Crippen LogP contribution >= 0.6 is 23.2 Å². The van der Waals surface area contributed by atoms with Gasteiger partial charge in [-0.05, 0) is 24.3 Å². The van der Waals surface area contributed by atoms with E-state index in [1.165, 1.54) is 0 Å². The zero-order chi connectivity index (χ0) is 44.4. The Morgan fingerprint density at radius 1 is 0.902 bits per heavy atom. The average molecular weight is 901 g/mol. The Balaban J connectivity index is 1.04. The van der Waals surface area contributed by atoms with Gasteiger partial charge < -0.3 is 64.5 Å². The summed E-state index contributed by atoms with van der Waals surface area (Å²) in [6.45, 7) is 1.10. The van der Waals surface area contributed by atoms with E-state index in [9.17, 15) is 60.7 Å². The number of carbonyl (C=O) groups excluding carboxylic acids is 2. The lowest BCUT2D eigenvalue weighted by molar-refractivity contribution is -0.384. The number of azo groups is 1. The zero-order valence-corrected chi connectivity index (χ0v) is 34.0. The van der Waals surface area contributed by atoms with Crippen LogP contribution in [0.5, 0.6) is 0 Å². The number of anilines is 1. The number of benzene rings is 2. The Kier molecular flexibility index (Phi) is 17.5. The summed E-state index contributed by atoms with van der Waals surface area (Å²) in [5.74, 6) is -0.863. The van der Waals surface area contributed by atoms with Crippen molar-refractivity contribution < 1.29 is 69.2 Å². The van der Waals surface area contributed by atoms with E-state index in [0.29, 0.717) is 31.0 Å². The molecule has 1 amide bonds. The maximum absolute atomic E-state index is 13.0. The van der Waals surface area contributed by atoms with Crippen LogP contribution in [0.15, 0.2) is 46.6 Å². The standard InChI is InChI=1S/C37H47Cl2N7O15/c38-23-16-22(46(56)57)17-24(39)29(23)42-41-20-2-4-21(5-3-20)44(9-1-8-40)14-15-58-28(49)7-6-27(48)45-12-10-43(11-13-45)18-25-30(50)31(51)34(54)37(60-25)61-35-26(19-47)59-36(55)33(53)32(35)52/h2-5,16-17,25-26,30-37,47,50-55H,1,6-7,9-15,18-19H2/t25-,26-,30+,31+,32-,33-,34-,35-,36?,37+/m1/s1. The van der Waals surface area contributed by atoms with Crippen LogP contribution in [0.4, 0.5) is 22.7 Å². The molecule has 2 aromatic carbocycles. The predicted octanol–water partition coefficient (Wildman–Crippen LogP) is 0.129. The first kappa shape index (κ1) is 47.9. The molecule has 3 saturated heterocycles. The first-order valence-corrected chi connectivity index (χ1v) is 20.0. The highest BCUT2D eigenvalue weighted by atomic mass is 35.5. The van der Waals surface area contributed by atoms with E-state index in [1.54, 1.807) is 29.2 Å². The third-order valence-electron chi connectivity index (χ3n) is 10.3. The third-order valence-corrected chi connectivity index (χ3v) is 10.9. The number of nitrogens with zero attached hydrogens (tertiary/aromatic N) is 7. The molecule has 0 spiro atoms. The van der Waals surface area contributed by atoms with Gasteiger partial charge >= 0.3 is 5.97 Å². The smallest absolute Gasteiger partial charge is 0.306 e. The van der Waals surface area contributed by atoms with Gasteiger partial charge in [-0.15, -0.1) is 5.11 Å². The van der Waals surface area contributed by atoms with Crippen LogP contribution in [0, 0.1) is 21.4 Å². The van der Waals surface area contributed by atoms with Gasteiger partial charge in [0.2, 0.25) is 5.91 Å². The van der Waals surface area contributed by atoms with Crippen molar-refractivity contribution in [2.24, 2.45) is 10.2 Å². The number of aliphatic hydroxyl groups excluding tert-OH is 7. The molecule has 3 fully saturated rings. The second kappa shape index (κ2) is 22.2. The van der Waals surface area contributed by atoms with Gasteiger partial charge in [-0.2, -0.15) is 10.4 Å². The molecular formula is C37H47Cl2N7O15. The molecule has 1 unspecified atom stereocenters. The maximum Gasteiger partial charge on any atom is 0.306 e. The first-order chi connectivity index (χ1) is 29.1. The van der Waals surface area contributed by atoms with E-state index in [-0.39, 0.29) is 79.4 Å². The van der Waals surface area contributed by atoms with Crippen molar-refractivity contribution in [3.63, 3.8) is 0 Å². The molecule has 0 bridgehead atoms. The molecule has 334 valence electrons. The van der Waals surface area contributed by atoms with Crippen molar-refractivity contribution in [2.75, 3.05) is 63.9 Å². The van der Waals surface area contributed by atoms with Crippen molar-refractivity contribution in [1.82, 2.24) is 9.80 Å². The van der Waals surface area contributed by atoms with Crippen molar-refractivity contribution in [1.29, 1.82) is 5.26 Å². The quantitative estimate of drug-likeness (QED) is 0.0480. The zero-order valence-electron chi connectivity index (χ0n) is 32.5. The second-order valence-electron chi connectivity index (χ2n) is 14.4. The second-order valence-corrected chi connectivity index (χ2v) is 15.2. The topological polar surface area (TPSA) is 314 Å². The third kappa shape index (κ3) is 12.5. The van der Waals surface area contributed by atoms with Gasteiger partial charge in [0, 0.05) is 63.5 Å². The van der Waals surface area contributed by atoms with Gasteiger partial charge in [-0.3, -0.25) is 24.6 Å². The molecule has 2 aromatic rings. The lowest BCUT2D eigenvalue weighted by Crippen LogP contribution is -2.65. The van der Waals surface area contributed by atoms with E-state index in [1.807, 2.05) is 9.80 Å². The van der Waals surface area contributed by atoms with E-state index in [2.05, 4.69) is 16.3 Å². The Labute approximate surface area is 358 Å². The molecule has 3 aliphatic heterocycles. The molecule has 61 heavy (non-hydrogen) atoms. The summed E-state index contributed by atoms with van der Waals surface area (Å²) >= 11 is 12.2. The molecule has 7 N–H and O–H groups in total. The van der Waals surface area contributed by atoms with Gasteiger partial charge in [0.1, 0.15) is 61.1 Å². The van der Waals surface area contributed by atoms with Crippen LogP contribution in [0.1, 0.15) is 19.3 Å². The van der Waals surface area contributed by atoms with Crippen molar-refractivity contribution >= 4 is 57.8 Å². The molecule has 0 saturated carbocycles. The van der Waals surface area contributed by atoms with E-state index in [0.717, 1.165) is 12.1 Å². The largest absolute Gasteiger partial charge is 0.464 e. The van der Waals surface area contributed by atoms with E-state index in [4.69, 9.17) is 42.1 Å². The molecule has 3 heterocycles. The molecule has 3 aliphatic rings. The van der Waals surface area contributed by atoms with Gasteiger partial charge in [0.05, 0.1) is 52.7 Å². The molecule has 0 aromatic heterocycles. The van der Waals surface area contributed by atoms with Crippen LogP contribution in [0.25, 0.3) is 0 Å². The maximum atomic E-state index is 13.0. The van der Waals surface area contributed by atoms with Gasteiger partial charge in [0.25, 0.3) is 5.69 Å². The minimum atomic E-state index is -1.81. The number of non-ortho nitro benzene ring substituents is 1. The van der Waals surface area contributed by atoms with Gasteiger partial charge in [-0.25, -0.2) is 0 Å². The summed E-state index contributed by atoms with van der Waals surface area (Å²) in [7, 11) is 0. The number of esters is 1. The average Bonchev–Trinajstić information content (AvgIpc) is 3.24. The molecule has 0 aliphatic carbocycles.